The van der Waals surface area contributed by atoms with Crippen molar-refractivity contribution in [3.05, 3.63) is 18.0 Å². The lowest BCUT2D eigenvalue weighted by Crippen LogP contribution is -2.37. The van der Waals surface area contributed by atoms with Gasteiger partial charge < -0.3 is 5.32 Å². The molecule has 1 saturated heterocycles. The van der Waals surface area contributed by atoms with Crippen LogP contribution in [0.25, 0.3) is 0 Å². The van der Waals surface area contributed by atoms with E-state index in [2.05, 4.69) is 53.0 Å². The Kier molecular flexibility index (Phi) is 6.05. The van der Waals surface area contributed by atoms with E-state index in [1.165, 1.54) is 44.6 Å². The van der Waals surface area contributed by atoms with Crippen LogP contribution in [0.1, 0.15) is 51.8 Å². The summed E-state index contributed by atoms with van der Waals surface area (Å²) in [5, 5.41) is 8.20. The van der Waals surface area contributed by atoms with Gasteiger partial charge in [0.1, 0.15) is 0 Å². The molecule has 114 valence electrons. The maximum absolute atomic E-state index is 4.65. The van der Waals surface area contributed by atoms with Gasteiger partial charge in [0.2, 0.25) is 0 Å². The summed E-state index contributed by atoms with van der Waals surface area (Å²) in [4.78, 5) is 2.54. The summed E-state index contributed by atoms with van der Waals surface area (Å²) in [7, 11) is 0. The fourth-order valence-electron chi connectivity index (χ4n) is 2.81. The molecule has 2 rings (SSSR count). The third-order valence-corrected chi connectivity index (χ3v) is 4.15. The van der Waals surface area contributed by atoms with Crippen LogP contribution in [0.15, 0.2) is 12.3 Å². The number of rotatable bonds is 7. The van der Waals surface area contributed by atoms with E-state index in [0.717, 1.165) is 19.0 Å². The molecule has 0 bridgehead atoms. The van der Waals surface area contributed by atoms with E-state index in [-0.39, 0.29) is 0 Å². The molecular formula is C16H30N4. The van der Waals surface area contributed by atoms with Gasteiger partial charge in [-0.05, 0) is 71.3 Å². The second kappa shape index (κ2) is 7.79. The molecule has 4 nitrogen and oxygen atoms in total. The number of hydrogen-bond donors (Lipinski definition) is 1. The Labute approximate surface area is 123 Å². The van der Waals surface area contributed by atoms with Crippen LogP contribution in [-0.4, -0.2) is 40.9 Å². The average Bonchev–Trinajstić information content (AvgIpc) is 2.90. The Morgan fingerprint density at radius 1 is 1.35 bits per heavy atom. The van der Waals surface area contributed by atoms with Crippen molar-refractivity contribution in [1.82, 2.24) is 20.0 Å². The number of aromatic nitrogens is 2. The first-order valence-corrected chi connectivity index (χ1v) is 8.16. The summed E-state index contributed by atoms with van der Waals surface area (Å²) >= 11 is 0. The minimum Gasteiger partial charge on any atom is -0.316 e. The van der Waals surface area contributed by atoms with Crippen LogP contribution < -0.4 is 5.32 Å². The van der Waals surface area contributed by atoms with Gasteiger partial charge in [-0.1, -0.05) is 6.92 Å². The van der Waals surface area contributed by atoms with E-state index in [1.807, 2.05) is 0 Å². The Morgan fingerprint density at radius 3 is 2.70 bits per heavy atom. The number of nitrogens with one attached hydrogen (secondary N) is 1. The van der Waals surface area contributed by atoms with Crippen molar-refractivity contribution in [3.8, 4) is 0 Å². The summed E-state index contributed by atoms with van der Waals surface area (Å²) in [6.45, 7) is 12.4. The second-order valence-electron chi connectivity index (χ2n) is 6.30. The normalized spacial score (nSPS) is 18.0. The van der Waals surface area contributed by atoms with Crippen molar-refractivity contribution in [2.45, 2.75) is 52.6 Å². The van der Waals surface area contributed by atoms with Gasteiger partial charge in [0, 0.05) is 18.8 Å². The van der Waals surface area contributed by atoms with Crippen LogP contribution in [-0.2, 0) is 6.54 Å². The number of likely N-dealkylation sites (tertiary alicyclic amines) is 1. The topological polar surface area (TPSA) is 33.1 Å². The smallest absolute Gasteiger partial charge is 0.0764 e. The standard InChI is InChI=1S/C16H30N4/c1-4-8-17-12-15-5-9-19(10-6-15)13-16-7-11-20(18-16)14(2)3/h7,11,14-15,17H,4-6,8-10,12-13H2,1-3H3. The molecule has 0 saturated carbocycles. The van der Waals surface area contributed by atoms with E-state index in [1.54, 1.807) is 0 Å². The van der Waals surface area contributed by atoms with Gasteiger partial charge in [0.05, 0.1) is 5.69 Å². The molecule has 0 spiro atoms. The first kappa shape index (κ1) is 15.5. The monoisotopic (exact) mass is 278 g/mol. The second-order valence-corrected chi connectivity index (χ2v) is 6.30. The zero-order valence-electron chi connectivity index (χ0n) is 13.3. The zero-order valence-corrected chi connectivity index (χ0v) is 13.3. The summed E-state index contributed by atoms with van der Waals surface area (Å²) in [6.07, 6.45) is 5.97. The Bertz CT molecular complexity index is 378. The maximum atomic E-state index is 4.65. The number of hydrogen-bond acceptors (Lipinski definition) is 3. The van der Waals surface area contributed by atoms with Crippen LogP contribution in [0.5, 0.6) is 0 Å². The number of piperidine rings is 1. The van der Waals surface area contributed by atoms with E-state index < -0.39 is 0 Å². The average molecular weight is 278 g/mol. The van der Waals surface area contributed by atoms with E-state index >= 15 is 0 Å². The van der Waals surface area contributed by atoms with Crippen LogP contribution in [0.2, 0.25) is 0 Å². The quantitative estimate of drug-likeness (QED) is 0.779. The van der Waals surface area contributed by atoms with Gasteiger partial charge in [0.15, 0.2) is 0 Å². The highest BCUT2D eigenvalue weighted by Crippen LogP contribution is 2.18. The minimum atomic E-state index is 0.458. The van der Waals surface area contributed by atoms with Crippen LogP contribution in [0, 0.1) is 5.92 Å². The third-order valence-electron chi connectivity index (χ3n) is 4.15. The Balaban J connectivity index is 1.71. The third kappa shape index (κ3) is 4.60. The molecule has 0 unspecified atom stereocenters. The van der Waals surface area contributed by atoms with E-state index in [0.29, 0.717) is 6.04 Å². The first-order chi connectivity index (χ1) is 9.69. The Hall–Kier alpha value is -0.870. The molecule has 1 aromatic heterocycles. The minimum absolute atomic E-state index is 0.458. The van der Waals surface area contributed by atoms with Gasteiger partial charge in [-0.15, -0.1) is 0 Å². The predicted octanol–water partition coefficient (Wildman–Crippen LogP) is 2.68. The van der Waals surface area contributed by atoms with Crippen LogP contribution in [0.3, 0.4) is 0 Å². The highest BCUT2D eigenvalue weighted by atomic mass is 15.3. The summed E-state index contributed by atoms with van der Waals surface area (Å²) in [6, 6.07) is 2.62. The Morgan fingerprint density at radius 2 is 2.10 bits per heavy atom. The molecule has 1 N–H and O–H groups in total. The highest BCUT2D eigenvalue weighted by Gasteiger charge is 2.19. The summed E-state index contributed by atoms with van der Waals surface area (Å²) < 4.78 is 2.05. The van der Waals surface area contributed by atoms with Crippen molar-refractivity contribution in [1.29, 1.82) is 0 Å². The van der Waals surface area contributed by atoms with Gasteiger partial charge in [-0.25, -0.2) is 0 Å². The van der Waals surface area contributed by atoms with Gasteiger partial charge in [0.25, 0.3) is 0 Å². The molecule has 1 aliphatic heterocycles. The SMILES string of the molecule is CCCNCC1CCN(Cc2ccn(C(C)C)n2)CC1. The lowest BCUT2D eigenvalue weighted by atomic mass is 9.96. The molecule has 1 fully saturated rings. The van der Waals surface area contributed by atoms with Gasteiger partial charge >= 0.3 is 0 Å². The van der Waals surface area contributed by atoms with E-state index in [9.17, 15) is 0 Å². The zero-order chi connectivity index (χ0) is 14.4. The van der Waals surface area contributed by atoms with Gasteiger partial charge in [-0.3, -0.25) is 9.58 Å². The fraction of sp³-hybridized carbons (Fsp3) is 0.812. The molecule has 20 heavy (non-hydrogen) atoms. The van der Waals surface area contributed by atoms with Crippen molar-refractivity contribution >= 4 is 0 Å². The largest absolute Gasteiger partial charge is 0.316 e. The molecule has 1 aliphatic rings. The first-order valence-electron chi connectivity index (χ1n) is 8.16. The van der Waals surface area contributed by atoms with Crippen molar-refractivity contribution in [2.75, 3.05) is 26.2 Å². The van der Waals surface area contributed by atoms with Crippen molar-refractivity contribution in [3.63, 3.8) is 0 Å². The highest BCUT2D eigenvalue weighted by molar-refractivity contribution is 4.99. The summed E-state index contributed by atoms with van der Waals surface area (Å²) in [5.74, 6) is 0.867. The van der Waals surface area contributed by atoms with Gasteiger partial charge in [-0.2, -0.15) is 5.10 Å². The molecule has 0 atom stereocenters. The molecule has 0 aliphatic carbocycles. The maximum Gasteiger partial charge on any atom is 0.0764 e. The molecule has 2 heterocycles. The molecule has 4 heteroatoms. The summed E-state index contributed by atoms with van der Waals surface area (Å²) in [5.41, 5.74) is 1.21. The van der Waals surface area contributed by atoms with Crippen molar-refractivity contribution in [2.24, 2.45) is 5.92 Å². The predicted molar refractivity (Wildman–Crippen MR) is 83.8 cm³/mol. The molecule has 0 amide bonds. The van der Waals surface area contributed by atoms with Crippen LogP contribution in [0.4, 0.5) is 0 Å². The molecule has 0 aromatic carbocycles. The van der Waals surface area contributed by atoms with Crippen molar-refractivity contribution < 1.29 is 0 Å². The van der Waals surface area contributed by atoms with Crippen LogP contribution >= 0.6 is 0 Å². The molecule has 0 radical (unpaired) electrons. The molecule has 1 aromatic rings. The number of nitrogens with zero attached hydrogens (tertiary/aromatic N) is 3. The van der Waals surface area contributed by atoms with E-state index in [4.69, 9.17) is 0 Å². The molecular weight excluding hydrogens is 248 g/mol. The lowest BCUT2D eigenvalue weighted by Gasteiger charge is -2.31. The fourth-order valence-corrected chi connectivity index (χ4v) is 2.81. The lowest BCUT2D eigenvalue weighted by molar-refractivity contribution is 0.173.